The van der Waals surface area contributed by atoms with Gasteiger partial charge in [-0.3, -0.25) is 9.59 Å². The van der Waals surface area contributed by atoms with Crippen LogP contribution in [0.4, 0.5) is 0 Å². The van der Waals surface area contributed by atoms with E-state index in [4.69, 9.17) is 0 Å². The van der Waals surface area contributed by atoms with Gasteiger partial charge in [0.25, 0.3) is 0 Å². The van der Waals surface area contributed by atoms with E-state index in [2.05, 4.69) is 56.4 Å². The van der Waals surface area contributed by atoms with Crippen LogP contribution in [0.2, 0.25) is 0 Å². The lowest BCUT2D eigenvalue weighted by Gasteiger charge is -2.32. The Balaban J connectivity index is 1.89. The second-order valence-corrected chi connectivity index (χ2v) is 9.84. The number of hydrogen-bond acceptors (Lipinski definition) is 2. The van der Waals surface area contributed by atoms with Crippen molar-refractivity contribution in [3.8, 4) is 0 Å². The van der Waals surface area contributed by atoms with Gasteiger partial charge in [0.1, 0.15) is 6.04 Å². The van der Waals surface area contributed by atoms with Crippen molar-refractivity contribution < 1.29 is 9.59 Å². The Morgan fingerprint density at radius 2 is 1.49 bits per heavy atom. The lowest BCUT2D eigenvalue weighted by atomic mass is 10.0. The summed E-state index contributed by atoms with van der Waals surface area (Å²) in [5.74, 6) is 0.227. The Kier molecular flexibility index (Phi) is 9.66. The summed E-state index contributed by atoms with van der Waals surface area (Å²) >= 11 is 0. The van der Waals surface area contributed by atoms with Gasteiger partial charge >= 0.3 is 0 Å². The fourth-order valence-electron chi connectivity index (χ4n) is 4.13. The third kappa shape index (κ3) is 8.40. The van der Waals surface area contributed by atoms with E-state index in [0.29, 0.717) is 38.3 Å². The van der Waals surface area contributed by atoms with E-state index < -0.39 is 6.04 Å². The highest BCUT2D eigenvalue weighted by Crippen LogP contribution is 2.18. The lowest BCUT2D eigenvalue weighted by Crippen LogP contribution is -2.51. The van der Waals surface area contributed by atoms with Gasteiger partial charge in [0.2, 0.25) is 11.8 Å². The molecule has 0 saturated heterocycles. The van der Waals surface area contributed by atoms with Gasteiger partial charge in [0, 0.05) is 25.9 Å². The first-order valence-electron chi connectivity index (χ1n) is 12.5. The molecule has 2 amide bonds. The molecular weight excluding hydrogens is 432 g/mol. The highest BCUT2D eigenvalue weighted by molar-refractivity contribution is 5.88. The molecule has 0 fully saturated rings. The third-order valence-electron chi connectivity index (χ3n) is 6.14. The second-order valence-electron chi connectivity index (χ2n) is 9.84. The summed E-state index contributed by atoms with van der Waals surface area (Å²) in [5, 5.41) is 3.08. The standard InChI is InChI=1S/C31H38N2O2/c1-23(2)21-32-31(35)29(20-27-10-6-5-7-11-27)33(22-28-12-8-9-25(4)19-28)30(34)18-17-26-15-13-24(3)14-16-26/h5-16,19,23,29H,17-18,20-22H2,1-4H3,(H,32,35)/t29-/m0/s1. The minimum absolute atomic E-state index is 0.00675. The van der Waals surface area contributed by atoms with Crippen LogP contribution in [0.1, 0.15) is 48.1 Å². The quantitative estimate of drug-likeness (QED) is 0.394. The monoisotopic (exact) mass is 470 g/mol. The maximum absolute atomic E-state index is 13.7. The van der Waals surface area contributed by atoms with Crippen LogP contribution in [0.5, 0.6) is 0 Å². The smallest absolute Gasteiger partial charge is 0.243 e. The number of nitrogens with zero attached hydrogens (tertiary/aromatic N) is 1. The average Bonchev–Trinajstić information content (AvgIpc) is 2.85. The molecule has 0 saturated carbocycles. The Bertz CT molecular complexity index is 1090. The van der Waals surface area contributed by atoms with Crippen LogP contribution in [0, 0.1) is 19.8 Å². The summed E-state index contributed by atoms with van der Waals surface area (Å²) in [6.07, 6.45) is 1.49. The zero-order chi connectivity index (χ0) is 25.2. The van der Waals surface area contributed by atoms with Crippen LogP contribution in [0.3, 0.4) is 0 Å². The van der Waals surface area contributed by atoms with Crippen LogP contribution >= 0.6 is 0 Å². The van der Waals surface area contributed by atoms with Crippen LogP contribution in [0.15, 0.2) is 78.9 Å². The number of amides is 2. The summed E-state index contributed by atoms with van der Waals surface area (Å²) in [7, 11) is 0. The van der Waals surface area contributed by atoms with Gasteiger partial charge in [-0.05, 0) is 42.9 Å². The normalized spacial score (nSPS) is 11.8. The number of carbonyl (C=O) groups excluding carboxylic acids is 2. The topological polar surface area (TPSA) is 49.4 Å². The number of aryl methyl sites for hydroxylation is 3. The largest absolute Gasteiger partial charge is 0.354 e. The lowest BCUT2D eigenvalue weighted by molar-refractivity contribution is -0.141. The maximum atomic E-state index is 13.7. The predicted molar refractivity (Wildman–Crippen MR) is 143 cm³/mol. The molecule has 0 bridgehead atoms. The number of hydrogen-bond donors (Lipinski definition) is 1. The number of benzene rings is 3. The molecule has 0 aliphatic heterocycles. The summed E-state index contributed by atoms with van der Waals surface area (Å²) in [4.78, 5) is 28.9. The molecule has 0 aromatic heterocycles. The SMILES string of the molecule is Cc1ccc(CCC(=O)N(Cc2cccc(C)c2)[C@@H](Cc2ccccc2)C(=O)NCC(C)C)cc1. The zero-order valence-corrected chi connectivity index (χ0v) is 21.5. The van der Waals surface area contributed by atoms with E-state index in [-0.39, 0.29) is 11.8 Å². The molecule has 3 rings (SSSR count). The number of carbonyl (C=O) groups is 2. The fourth-order valence-corrected chi connectivity index (χ4v) is 4.13. The molecular formula is C31H38N2O2. The van der Waals surface area contributed by atoms with Crippen molar-refractivity contribution in [3.05, 3.63) is 107 Å². The molecule has 0 aliphatic rings. The van der Waals surface area contributed by atoms with Gasteiger partial charge in [0.05, 0.1) is 0 Å². The van der Waals surface area contributed by atoms with Crippen molar-refractivity contribution in [1.29, 1.82) is 0 Å². The first kappa shape index (κ1) is 26.2. The second kappa shape index (κ2) is 12.9. The molecule has 1 N–H and O–H groups in total. The summed E-state index contributed by atoms with van der Waals surface area (Å²) in [5.41, 5.74) is 5.54. The van der Waals surface area contributed by atoms with E-state index in [1.807, 2.05) is 55.5 Å². The van der Waals surface area contributed by atoms with E-state index in [1.54, 1.807) is 4.90 Å². The van der Waals surface area contributed by atoms with Crippen LogP contribution in [0.25, 0.3) is 0 Å². The Hall–Kier alpha value is -3.40. The Morgan fingerprint density at radius 3 is 2.14 bits per heavy atom. The van der Waals surface area contributed by atoms with Gasteiger partial charge < -0.3 is 10.2 Å². The highest BCUT2D eigenvalue weighted by Gasteiger charge is 2.30. The molecule has 4 heteroatoms. The average molecular weight is 471 g/mol. The minimum Gasteiger partial charge on any atom is -0.354 e. The molecule has 0 radical (unpaired) electrons. The van der Waals surface area contributed by atoms with E-state index in [1.165, 1.54) is 5.56 Å². The van der Waals surface area contributed by atoms with Crippen molar-refractivity contribution in [3.63, 3.8) is 0 Å². The minimum atomic E-state index is -0.581. The van der Waals surface area contributed by atoms with Crippen molar-refractivity contribution in [2.24, 2.45) is 5.92 Å². The molecule has 3 aromatic carbocycles. The predicted octanol–water partition coefficient (Wildman–Crippen LogP) is 5.65. The van der Waals surface area contributed by atoms with Crippen LogP contribution in [-0.4, -0.2) is 29.3 Å². The van der Waals surface area contributed by atoms with Crippen LogP contribution in [-0.2, 0) is 29.0 Å². The van der Waals surface area contributed by atoms with Crippen molar-refractivity contribution in [2.45, 2.75) is 59.5 Å². The van der Waals surface area contributed by atoms with Crippen molar-refractivity contribution in [1.82, 2.24) is 10.2 Å². The molecule has 35 heavy (non-hydrogen) atoms. The molecule has 4 nitrogen and oxygen atoms in total. The maximum Gasteiger partial charge on any atom is 0.243 e. The van der Waals surface area contributed by atoms with Gasteiger partial charge in [-0.1, -0.05) is 104 Å². The molecule has 1 atom stereocenters. The summed E-state index contributed by atoms with van der Waals surface area (Å²) in [6, 6.07) is 25.8. The van der Waals surface area contributed by atoms with Gasteiger partial charge in [-0.15, -0.1) is 0 Å². The van der Waals surface area contributed by atoms with Gasteiger partial charge in [-0.25, -0.2) is 0 Å². The van der Waals surface area contributed by atoms with E-state index in [0.717, 1.165) is 22.3 Å². The summed E-state index contributed by atoms with van der Waals surface area (Å²) < 4.78 is 0. The Morgan fingerprint density at radius 1 is 0.800 bits per heavy atom. The van der Waals surface area contributed by atoms with E-state index >= 15 is 0 Å². The van der Waals surface area contributed by atoms with E-state index in [9.17, 15) is 9.59 Å². The van der Waals surface area contributed by atoms with Crippen LogP contribution < -0.4 is 5.32 Å². The third-order valence-corrected chi connectivity index (χ3v) is 6.14. The molecule has 3 aromatic rings. The number of rotatable bonds is 11. The molecule has 0 unspecified atom stereocenters. The fraction of sp³-hybridized carbons (Fsp3) is 0.355. The Labute approximate surface area is 210 Å². The van der Waals surface area contributed by atoms with Gasteiger partial charge in [0.15, 0.2) is 0 Å². The number of nitrogens with one attached hydrogen (secondary N) is 1. The first-order valence-corrected chi connectivity index (χ1v) is 12.5. The molecule has 0 spiro atoms. The van der Waals surface area contributed by atoms with Crippen molar-refractivity contribution >= 4 is 11.8 Å². The zero-order valence-electron chi connectivity index (χ0n) is 21.5. The van der Waals surface area contributed by atoms with Gasteiger partial charge in [-0.2, -0.15) is 0 Å². The first-order chi connectivity index (χ1) is 16.8. The molecule has 184 valence electrons. The molecule has 0 aliphatic carbocycles. The summed E-state index contributed by atoms with van der Waals surface area (Å²) in [6.45, 7) is 9.24. The molecule has 0 heterocycles. The highest BCUT2D eigenvalue weighted by atomic mass is 16.2. The van der Waals surface area contributed by atoms with Crippen molar-refractivity contribution in [2.75, 3.05) is 6.54 Å².